The third kappa shape index (κ3) is 8.64. The summed E-state index contributed by atoms with van der Waals surface area (Å²) in [5.74, 6) is -1.30. The van der Waals surface area contributed by atoms with Gasteiger partial charge in [-0.2, -0.15) is 17.9 Å². The summed E-state index contributed by atoms with van der Waals surface area (Å²) in [6, 6.07) is 0. The van der Waals surface area contributed by atoms with E-state index in [9.17, 15) is 41.1 Å². The first-order valence-electron chi connectivity index (χ1n) is 18.1. The molecule has 50 heavy (non-hydrogen) atoms. The van der Waals surface area contributed by atoms with E-state index in [1.165, 1.54) is 0 Å². The molecule has 5 aliphatic carbocycles. The maximum Gasteiger partial charge on any atom is 0.511 e. The van der Waals surface area contributed by atoms with Crippen molar-refractivity contribution < 1.29 is 55.3 Å². The van der Waals surface area contributed by atoms with E-state index in [0.717, 1.165) is 33.1 Å². The van der Waals surface area contributed by atoms with E-state index in [2.05, 4.69) is 0 Å². The van der Waals surface area contributed by atoms with Gasteiger partial charge in [-0.05, 0) is 137 Å². The minimum Gasteiger partial charge on any atom is -0.463 e. The molecular weight excluding hydrogens is 679 g/mol. The van der Waals surface area contributed by atoms with E-state index >= 15 is 0 Å². The van der Waals surface area contributed by atoms with Crippen LogP contribution >= 0.6 is 0 Å². The van der Waals surface area contributed by atoms with Crippen molar-refractivity contribution in [1.82, 2.24) is 4.72 Å². The van der Waals surface area contributed by atoms with Crippen LogP contribution in [-0.2, 0) is 38.6 Å². The van der Waals surface area contributed by atoms with Crippen LogP contribution in [0, 0.1) is 28.1 Å². The Morgan fingerprint density at radius 2 is 1.38 bits per heavy atom. The highest BCUT2D eigenvalue weighted by atomic mass is 32.2. The number of sulfonamides is 1. The first-order chi connectivity index (χ1) is 22.7. The van der Waals surface area contributed by atoms with Gasteiger partial charge in [-0.15, -0.1) is 0 Å². The van der Waals surface area contributed by atoms with Crippen molar-refractivity contribution in [1.29, 1.82) is 0 Å². The van der Waals surface area contributed by atoms with Crippen molar-refractivity contribution in [2.45, 2.75) is 173 Å². The largest absolute Gasteiger partial charge is 0.511 e. The van der Waals surface area contributed by atoms with E-state index in [4.69, 9.17) is 14.2 Å². The fraction of sp³-hybridized carbons (Fsp3) is 0.917. The second-order valence-electron chi connectivity index (χ2n) is 18.1. The van der Waals surface area contributed by atoms with Crippen molar-refractivity contribution >= 4 is 27.9 Å². The highest BCUT2D eigenvalue weighted by Crippen LogP contribution is 2.59. The normalized spacial score (nSPS) is 30.3. The van der Waals surface area contributed by atoms with Gasteiger partial charge in [0.05, 0.1) is 27.4 Å². The number of nitrogens with one attached hydrogen (secondary N) is 1. The van der Waals surface area contributed by atoms with Crippen molar-refractivity contribution in [3.05, 3.63) is 0 Å². The molecule has 5 aliphatic rings. The molecule has 5 fully saturated rings. The van der Waals surface area contributed by atoms with Gasteiger partial charge >= 0.3 is 33.4 Å². The minimum atomic E-state index is -5.71. The zero-order chi connectivity index (χ0) is 37.8. The number of carbonyl (C=O) groups excluding carboxylic acids is 3. The van der Waals surface area contributed by atoms with E-state index < -0.39 is 78.6 Å². The van der Waals surface area contributed by atoms with Crippen LogP contribution in [0.2, 0.25) is 0 Å². The Morgan fingerprint density at radius 1 is 0.820 bits per heavy atom. The van der Waals surface area contributed by atoms with Crippen LogP contribution in [0.15, 0.2) is 0 Å². The van der Waals surface area contributed by atoms with Crippen LogP contribution in [0.5, 0.6) is 0 Å². The van der Waals surface area contributed by atoms with Crippen LogP contribution in [-0.4, -0.2) is 65.9 Å². The molecular formula is C36H58F3NO9S. The fourth-order valence-electron chi connectivity index (χ4n) is 9.78. The average Bonchev–Trinajstić information content (AvgIpc) is 3.41. The van der Waals surface area contributed by atoms with Gasteiger partial charge in [0.2, 0.25) is 0 Å². The molecule has 4 bridgehead atoms. The molecule has 5 rings (SSSR count). The molecule has 0 aromatic carbocycles. The Balaban J connectivity index is 1.57. The summed E-state index contributed by atoms with van der Waals surface area (Å²) in [5.41, 5.74) is -13.6. The van der Waals surface area contributed by atoms with Crippen LogP contribution in [0.1, 0.15) is 145 Å². The summed E-state index contributed by atoms with van der Waals surface area (Å²) in [4.78, 5) is 42.2. The van der Waals surface area contributed by atoms with Crippen LogP contribution < -0.4 is 4.72 Å². The summed E-state index contributed by atoms with van der Waals surface area (Å²) in [6.45, 7) is 12.0. The maximum absolute atomic E-state index is 14.4. The Labute approximate surface area is 295 Å². The van der Waals surface area contributed by atoms with Crippen molar-refractivity contribution in [2.24, 2.45) is 28.1 Å². The standard InChI is InChI=1S/C36H58F3NO9S/c1-9-31(7,27(42)47-23-30(5,6)40-50(45,46)36(37,38)39)21-32(8,28(43)49-34(10-2)13-11-12-14-34)20-29(3,4)26(41)48-35-18-24-15-25(19-35)17-33(44,16-24)22-35/h24-25,40,44H,9-23H2,1-8H3. The Morgan fingerprint density at radius 3 is 1.86 bits per heavy atom. The minimum absolute atomic E-state index is 0.0373. The monoisotopic (exact) mass is 737 g/mol. The zero-order valence-corrected chi connectivity index (χ0v) is 31.8. The lowest BCUT2D eigenvalue weighted by Crippen LogP contribution is -2.61. The number of halogens is 3. The first-order valence-corrected chi connectivity index (χ1v) is 19.6. The van der Waals surface area contributed by atoms with Crippen LogP contribution in [0.25, 0.3) is 0 Å². The van der Waals surface area contributed by atoms with Crippen LogP contribution in [0.3, 0.4) is 0 Å². The molecule has 14 heteroatoms. The molecule has 2 N–H and O–H groups in total. The van der Waals surface area contributed by atoms with Crippen molar-refractivity contribution in [2.75, 3.05) is 6.61 Å². The zero-order valence-electron chi connectivity index (χ0n) is 31.0. The maximum atomic E-state index is 14.4. The summed E-state index contributed by atoms with van der Waals surface area (Å²) in [5, 5.41) is 11.2. The number of carbonyl (C=O) groups is 3. The third-order valence-corrected chi connectivity index (χ3v) is 13.4. The molecule has 0 heterocycles. The number of esters is 3. The van der Waals surface area contributed by atoms with Gasteiger partial charge < -0.3 is 19.3 Å². The quantitative estimate of drug-likeness (QED) is 0.136. The summed E-state index contributed by atoms with van der Waals surface area (Å²) >= 11 is 0. The lowest BCUT2D eigenvalue weighted by atomic mass is 9.52. The van der Waals surface area contributed by atoms with Crippen molar-refractivity contribution in [3.63, 3.8) is 0 Å². The van der Waals surface area contributed by atoms with E-state index in [-0.39, 0.29) is 19.3 Å². The fourth-order valence-corrected chi connectivity index (χ4v) is 10.7. The molecule has 0 aliphatic heterocycles. The van der Waals surface area contributed by atoms with Crippen LogP contribution in [0.4, 0.5) is 13.2 Å². The number of alkyl halides is 3. The molecule has 10 nitrogen and oxygen atoms in total. The molecule has 0 amide bonds. The molecule has 0 aromatic rings. The van der Waals surface area contributed by atoms with Gasteiger partial charge in [0.15, 0.2) is 0 Å². The molecule has 288 valence electrons. The number of aliphatic hydroxyl groups is 1. The number of hydrogen-bond acceptors (Lipinski definition) is 9. The van der Waals surface area contributed by atoms with Gasteiger partial charge in [-0.3, -0.25) is 14.4 Å². The predicted molar refractivity (Wildman–Crippen MR) is 179 cm³/mol. The molecule has 4 unspecified atom stereocenters. The molecule has 0 aromatic heterocycles. The van der Waals surface area contributed by atoms with Gasteiger partial charge in [0, 0.05) is 6.42 Å². The average molecular weight is 738 g/mol. The van der Waals surface area contributed by atoms with Gasteiger partial charge in [-0.25, -0.2) is 8.42 Å². The SMILES string of the molecule is CCC1(OC(=O)C(C)(CC(C)(C)C(=O)OC23CC4CC(CC(O)(C4)C2)C3)CC(C)(CC)C(=O)OCC(C)(C)NS(=O)(=O)C(F)(F)F)CCCC1. The highest BCUT2D eigenvalue weighted by Gasteiger charge is 2.60. The topological polar surface area (TPSA) is 145 Å². The number of ether oxygens (including phenoxy) is 3. The second-order valence-corrected chi connectivity index (χ2v) is 19.8. The lowest BCUT2D eigenvalue weighted by Gasteiger charge is -2.59. The smallest absolute Gasteiger partial charge is 0.463 e. The lowest BCUT2D eigenvalue weighted by molar-refractivity contribution is -0.226. The van der Waals surface area contributed by atoms with E-state index in [1.54, 1.807) is 39.3 Å². The van der Waals surface area contributed by atoms with Gasteiger partial charge in [0.25, 0.3) is 0 Å². The first kappa shape index (κ1) is 40.8. The molecule has 0 spiro atoms. The van der Waals surface area contributed by atoms with Crippen molar-refractivity contribution in [3.8, 4) is 0 Å². The Kier molecular flexibility index (Phi) is 11.0. The Hall–Kier alpha value is -1.93. The second kappa shape index (κ2) is 13.5. The highest BCUT2D eigenvalue weighted by molar-refractivity contribution is 7.90. The molecule has 0 saturated heterocycles. The Bertz CT molecular complexity index is 1410. The summed E-state index contributed by atoms with van der Waals surface area (Å²) in [7, 11) is -5.71. The molecule has 5 saturated carbocycles. The van der Waals surface area contributed by atoms with E-state index in [0.29, 0.717) is 63.2 Å². The molecule has 4 atom stereocenters. The molecule has 0 radical (unpaired) electrons. The summed E-state index contributed by atoms with van der Waals surface area (Å²) < 4.78 is 82.3. The third-order valence-electron chi connectivity index (χ3n) is 12.0. The number of hydrogen-bond donors (Lipinski definition) is 2. The van der Waals surface area contributed by atoms with E-state index in [1.807, 2.05) is 6.92 Å². The number of rotatable bonds is 15. The van der Waals surface area contributed by atoms with Gasteiger partial charge in [0.1, 0.15) is 17.8 Å². The predicted octanol–water partition coefficient (Wildman–Crippen LogP) is 6.87. The summed E-state index contributed by atoms with van der Waals surface area (Å²) in [6.07, 6.45) is 8.04. The van der Waals surface area contributed by atoms with Gasteiger partial charge in [-0.1, -0.05) is 13.8 Å².